The number of carbonyl (C=O) groups is 2. The molecule has 1 aromatic carbocycles. The van der Waals surface area contributed by atoms with Crippen LogP contribution in [0.5, 0.6) is 5.75 Å². The number of halogens is 3. The zero-order chi connectivity index (χ0) is 18.6. The topological polar surface area (TPSA) is 75.9 Å². The van der Waals surface area contributed by atoms with E-state index in [0.29, 0.717) is 26.2 Å². The van der Waals surface area contributed by atoms with Crippen LogP contribution in [0.25, 0.3) is 0 Å². The van der Waals surface area contributed by atoms with Crippen LogP contribution in [0.15, 0.2) is 24.3 Å². The first-order valence-corrected chi connectivity index (χ1v) is 8.18. The number of piperazine rings is 1. The second-order valence-corrected chi connectivity index (χ2v) is 6.14. The molecule has 1 heterocycles. The molecule has 2 rings (SSSR count). The second-order valence-electron chi connectivity index (χ2n) is 6.14. The van der Waals surface area contributed by atoms with E-state index >= 15 is 0 Å². The van der Waals surface area contributed by atoms with Gasteiger partial charge < -0.3 is 20.3 Å². The van der Waals surface area contributed by atoms with Crippen molar-refractivity contribution in [2.24, 2.45) is 11.7 Å². The summed E-state index contributed by atoms with van der Waals surface area (Å²) >= 11 is 0. The summed E-state index contributed by atoms with van der Waals surface area (Å²) in [5.74, 6) is -0.860. The summed E-state index contributed by atoms with van der Waals surface area (Å²) in [6.45, 7) is 2.01. The third kappa shape index (κ3) is 5.28. The van der Waals surface area contributed by atoms with Crippen molar-refractivity contribution in [3.63, 3.8) is 0 Å². The Morgan fingerprint density at radius 3 is 2.15 bits per heavy atom. The van der Waals surface area contributed by atoms with E-state index in [1.807, 2.05) is 0 Å². The van der Waals surface area contributed by atoms with E-state index in [0.717, 1.165) is 0 Å². The molecule has 0 radical (unpaired) electrons. The molecule has 1 saturated heterocycles. The third-order valence-corrected chi connectivity index (χ3v) is 4.39. The molecule has 2 atom stereocenters. The number of hydrogen-bond acceptors (Lipinski definition) is 4. The summed E-state index contributed by atoms with van der Waals surface area (Å²) in [7, 11) is 0. The van der Waals surface area contributed by atoms with E-state index in [1.165, 1.54) is 23.1 Å². The van der Waals surface area contributed by atoms with Gasteiger partial charge in [-0.25, -0.2) is 0 Å². The van der Waals surface area contributed by atoms with Crippen molar-refractivity contribution in [2.45, 2.75) is 26.5 Å². The van der Waals surface area contributed by atoms with Gasteiger partial charge in [-0.3, -0.25) is 9.59 Å². The van der Waals surface area contributed by atoms with E-state index in [1.54, 1.807) is 24.8 Å². The van der Waals surface area contributed by atoms with Crippen molar-refractivity contribution < 1.29 is 23.1 Å². The highest BCUT2D eigenvalue weighted by molar-refractivity contribution is 5.97. The van der Waals surface area contributed by atoms with Crippen LogP contribution in [0.4, 0.5) is 8.78 Å². The lowest BCUT2D eigenvalue weighted by molar-refractivity contribution is -0.137. The van der Waals surface area contributed by atoms with Gasteiger partial charge in [0.05, 0.1) is 11.5 Å². The second kappa shape index (κ2) is 9.68. The van der Waals surface area contributed by atoms with Crippen molar-refractivity contribution >= 4 is 24.2 Å². The minimum Gasteiger partial charge on any atom is -0.434 e. The number of nitrogens with two attached hydrogens (primary N) is 1. The number of para-hydroxylation sites is 1. The van der Waals surface area contributed by atoms with Crippen molar-refractivity contribution in [2.75, 3.05) is 26.2 Å². The van der Waals surface area contributed by atoms with Crippen molar-refractivity contribution in [3.8, 4) is 5.75 Å². The Morgan fingerprint density at radius 1 is 1.08 bits per heavy atom. The van der Waals surface area contributed by atoms with Crippen LogP contribution in [-0.4, -0.2) is 60.4 Å². The molecule has 0 saturated carbocycles. The smallest absolute Gasteiger partial charge is 0.387 e. The molecule has 6 nitrogen and oxygen atoms in total. The Kier molecular flexibility index (Phi) is 8.23. The SMILES string of the molecule is CC(N)C(C)C(=O)N1CCN(C(=O)c2ccccc2OC(F)F)CC1.Cl. The van der Waals surface area contributed by atoms with E-state index < -0.39 is 6.61 Å². The summed E-state index contributed by atoms with van der Waals surface area (Å²) in [6.07, 6.45) is 0. The zero-order valence-corrected chi connectivity index (χ0v) is 15.5. The summed E-state index contributed by atoms with van der Waals surface area (Å²) < 4.78 is 29.4. The molecule has 0 aromatic heterocycles. The van der Waals surface area contributed by atoms with Gasteiger partial charge in [-0.2, -0.15) is 8.78 Å². The summed E-state index contributed by atoms with van der Waals surface area (Å²) in [6, 6.07) is 5.67. The van der Waals surface area contributed by atoms with Gasteiger partial charge in [-0.15, -0.1) is 12.4 Å². The molecule has 1 aliphatic rings. The minimum atomic E-state index is -3.00. The van der Waals surface area contributed by atoms with E-state index in [9.17, 15) is 18.4 Å². The van der Waals surface area contributed by atoms with Gasteiger partial charge in [0, 0.05) is 32.2 Å². The summed E-state index contributed by atoms with van der Waals surface area (Å²) in [4.78, 5) is 28.1. The third-order valence-electron chi connectivity index (χ3n) is 4.39. The molecule has 9 heteroatoms. The quantitative estimate of drug-likeness (QED) is 0.832. The van der Waals surface area contributed by atoms with Crippen LogP contribution in [0.2, 0.25) is 0 Å². The molecule has 1 aliphatic heterocycles. The van der Waals surface area contributed by atoms with Gasteiger partial charge in [0.15, 0.2) is 0 Å². The molecule has 2 amide bonds. The number of alkyl halides is 2. The first-order valence-electron chi connectivity index (χ1n) is 8.18. The Balaban J connectivity index is 0.00000338. The molecule has 1 aromatic rings. The molecule has 0 spiro atoms. The molecular formula is C17H24ClF2N3O3. The Labute approximate surface area is 157 Å². The van der Waals surface area contributed by atoms with Gasteiger partial charge in [0.1, 0.15) is 5.75 Å². The highest BCUT2D eigenvalue weighted by Crippen LogP contribution is 2.22. The number of nitrogens with zero attached hydrogens (tertiary/aromatic N) is 2. The molecule has 2 N–H and O–H groups in total. The van der Waals surface area contributed by atoms with Crippen molar-refractivity contribution in [1.29, 1.82) is 0 Å². The maximum absolute atomic E-state index is 12.6. The normalized spacial score (nSPS) is 16.7. The van der Waals surface area contributed by atoms with Crippen LogP contribution < -0.4 is 10.5 Å². The molecule has 0 aliphatic carbocycles. The zero-order valence-electron chi connectivity index (χ0n) is 14.7. The van der Waals surface area contributed by atoms with Crippen LogP contribution in [0.1, 0.15) is 24.2 Å². The molecule has 26 heavy (non-hydrogen) atoms. The molecule has 146 valence electrons. The standard InChI is InChI=1S/C17H23F2N3O3.ClH/c1-11(12(2)20)15(23)21-7-9-22(10-8-21)16(24)13-5-3-4-6-14(13)25-17(18)19;/h3-6,11-12,17H,7-10,20H2,1-2H3;1H. The fourth-order valence-corrected chi connectivity index (χ4v) is 2.66. The Hall–Kier alpha value is -1.93. The average molecular weight is 392 g/mol. The largest absolute Gasteiger partial charge is 0.434 e. The highest BCUT2D eigenvalue weighted by atomic mass is 35.5. The minimum absolute atomic E-state index is 0. The lowest BCUT2D eigenvalue weighted by Crippen LogP contribution is -2.53. The lowest BCUT2D eigenvalue weighted by atomic mass is 10.0. The predicted molar refractivity (Wildman–Crippen MR) is 95.6 cm³/mol. The lowest BCUT2D eigenvalue weighted by Gasteiger charge is -2.36. The van der Waals surface area contributed by atoms with Crippen molar-refractivity contribution in [3.05, 3.63) is 29.8 Å². The van der Waals surface area contributed by atoms with Gasteiger partial charge in [0.2, 0.25) is 5.91 Å². The predicted octanol–water partition coefficient (Wildman–Crippen LogP) is 1.98. The van der Waals surface area contributed by atoms with Crippen LogP contribution in [-0.2, 0) is 4.79 Å². The highest BCUT2D eigenvalue weighted by Gasteiger charge is 2.29. The fraction of sp³-hybridized carbons (Fsp3) is 0.529. The number of carbonyl (C=O) groups excluding carboxylic acids is 2. The number of hydrogen-bond donors (Lipinski definition) is 1. The molecule has 1 fully saturated rings. The van der Waals surface area contributed by atoms with Gasteiger partial charge in [0.25, 0.3) is 5.91 Å². The fourth-order valence-electron chi connectivity index (χ4n) is 2.66. The van der Waals surface area contributed by atoms with Crippen LogP contribution in [0.3, 0.4) is 0 Å². The van der Waals surface area contributed by atoms with Crippen molar-refractivity contribution in [1.82, 2.24) is 9.80 Å². The average Bonchev–Trinajstić information content (AvgIpc) is 2.60. The van der Waals surface area contributed by atoms with Crippen LogP contribution in [0, 0.1) is 5.92 Å². The summed E-state index contributed by atoms with van der Waals surface area (Å²) in [5.41, 5.74) is 5.85. The number of benzene rings is 1. The number of ether oxygens (including phenoxy) is 1. The molecule has 0 bridgehead atoms. The van der Waals surface area contributed by atoms with Gasteiger partial charge >= 0.3 is 6.61 Å². The van der Waals surface area contributed by atoms with E-state index in [-0.39, 0.29) is 47.5 Å². The Morgan fingerprint density at radius 2 is 1.62 bits per heavy atom. The van der Waals surface area contributed by atoms with Gasteiger partial charge in [-0.05, 0) is 19.1 Å². The monoisotopic (exact) mass is 391 g/mol. The Bertz CT molecular complexity index is 623. The maximum Gasteiger partial charge on any atom is 0.387 e. The number of rotatable bonds is 5. The van der Waals surface area contributed by atoms with E-state index in [2.05, 4.69) is 4.74 Å². The maximum atomic E-state index is 12.6. The van der Waals surface area contributed by atoms with Gasteiger partial charge in [-0.1, -0.05) is 19.1 Å². The van der Waals surface area contributed by atoms with Crippen LogP contribution >= 0.6 is 12.4 Å². The summed E-state index contributed by atoms with van der Waals surface area (Å²) in [5, 5.41) is 0. The van der Waals surface area contributed by atoms with E-state index in [4.69, 9.17) is 5.73 Å². The molecular weight excluding hydrogens is 368 g/mol. The molecule has 2 unspecified atom stereocenters. The first-order chi connectivity index (χ1) is 11.8. The first kappa shape index (κ1) is 22.1. The number of amides is 2.